The van der Waals surface area contributed by atoms with Crippen molar-refractivity contribution in [3.63, 3.8) is 0 Å². The lowest BCUT2D eigenvalue weighted by Crippen LogP contribution is -2.38. The lowest BCUT2D eigenvalue weighted by molar-refractivity contribution is 0.122. The molecule has 1 aromatic heterocycles. The van der Waals surface area contributed by atoms with E-state index in [1.54, 1.807) is 0 Å². The van der Waals surface area contributed by atoms with Gasteiger partial charge in [0.25, 0.3) is 0 Å². The molecule has 0 atom stereocenters. The molecule has 1 aromatic rings. The monoisotopic (exact) mass is 277 g/mol. The minimum Gasteiger partial charge on any atom is -0.378 e. The average molecular weight is 277 g/mol. The van der Waals surface area contributed by atoms with Crippen LogP contribution in [0.1, 0.15) is 13.8 Å². The van der Waals surface area contributed by atoms with E-state index in [4.69, 9.17) is 10.00 Å². The number of nitrogens with one attached hydrogen (secondary N) is 1. The topological polar surface area (TPSA) is 90.2 Å². The second kappa shape index (κ2) is 6.86. The number of aromatic nitrogens is 3. The molecule has 1 aliphatic heterocycles. The highest BCUT2D eigenvalue weighted by atomic mass is 16.5. The van der Waals surface area contributed by atoms with Gasteiger partial charge in [0.1, 0.15) is 0 Å². The van der Waals surface area contributed by atoms with Crippen molar-refractivity contribution in [1.82, 2.24) is 15.0 Å². The summed E-state index contributed by atoms with van der Waals surface area (Å²) < 4.78 is 5.33. The first-order chi connectivity index (χ1) is 9.78. The maximum absolute atomic E-state index is 9.12. The van der Waals surface area contributed by atoms with Crippen LogP contribution in [0.15, 0.2) is 0 Å². The number of nitriles is 1. The molecule has 0 radical (unpaired) electrons. The van der Waals surface area contributed by atoms with Gasteiger partial charge in [-0.05, 0) is 13.8 Å². The average Bonchev–Trinajstić information content (AvgIpc) is 2.50. The summed E-state index contributed by atoms with van der Waals surface area (Å²) in [5, 5.41) is 12.2. The largest absolute Gasteiger partial charge is 0.378 e. The Morgan fingerprint density at radius 1 is 1.30 bits per heavy atom. The zero-order valence-electron chi connectivity index (χ0n) is 11.8. The minimum atomic E-state index is 0.377. The Morgan fingerprint density at radius 3 is 2.65 bits per heavy atom. The fourth-order valence-electron chi connectivity index (χ4n) is 1.87. The fourth-order valence-corrected chi connectivity index (χ4v) is 1.87. The highest BCUT2D eigenvalue weighted by Crippen LogP contribution is 2.17. The molecule has 8 heteroatoms. The van der Waals surface area contributed by atoms with Crippen molar-refractivity contribution in [2.75, 3.05) is 54.5 Å². The van der Waals surface area contributed by atoms with E-state index in [2.05, 4.69) is 26.5 Å². The van der Waals surface area contributed by atoms with Crippen LogP contribution in [0, 0.1) is 11.5 Å². The van der Waals surface area contributed by atoms with E-state index in [0.717, 1.165) is 13.1 Å². The van der Waals surface area contributed by atoms with Gasteiger partial charge in [0.05, 0.1) is 13.2 Å². The molecule has 20 heavy (non-hydrogen) atoms. The molecule has 8 nitrogen and oxygen atoms in total. The van der Waals surface area contributed by atoms with Crippen molar-refractivity contribution in [3.8, 4) is 6.19 Å². The standard InChI is InChI=1S/C12H19N7O/c1-3-14-10-15-11(18(4-2)9-13)17-12(16-10)19-5-7-20-8-6-19/h3-8H2,1-2H3,(H,14,15,16,17). The number of anilines is 3. The summed E-state index contributed by atoms with van der Waals surface area (Å²) in [6, 6.07) is 0. The molecule has 0 aromatic carbocycles. The number of ether oxygens (including phenoxy) is 1. The van der Waals surface area contributed by atoms with Crippen LogP contribution in [0.2, 0.25) is 0 Å². The van der Waals surface area contributed by atoms with Crippen molar-refractivity contribution in [2.45, 2.75) is 13.8 Å². The van der Waals surface area contributed by atoms with Gasteiger partial charge in [-0.3, -0.25) is 0 Å². The summed E-state index contributed by atoms with van der Waals surface area (Å²) in [4.78, 5) is 16.5. The van der Waals surface area contributed by atoms with Gasteiger partial charge in [-0.2, -0.15) is 20.2 Å². The Balaban J connectivity index is 2.32. The summed E-state index contributed by atoms with van der Waals surface area (Å²) in [7, 11) is 0. The summed E-state index contributed by atoms with van der Waals surface area (Å²) in [5.41, 5.74) is 0. The second-order valence-electron chi connectivity index (χ2n) is 4.23. The van der Waals surface area contributed by atoms with Gasteiger partial charge in [-0.15, -0.1) is 0 Å². The molecular formula is C12H19N7O. The van der Waals surface area contributed by atoms with E-state index in [0.29, 0.717) is 44.1 Å². The quantitative estimate of drug-likeness (QED) is 0.612. The Kier molecular flexibility index (Phi) is 4.90. The van der Waals surface area contributed by atoms with E-state index >= 15 is 0 Å². The molecule has 0 unspecified atom stereocenters. The van der Waals surface area contributed by atoms with Gasteiger partial charge in [0.2, 0.25) is 17.8 Å². The van der Waals surface area contributed by atoms with Crippen molar-refractivity contribution in [1.29, 1.82) is 5.26 Å². The Labute approximate surface area is 118 Å². The third kappa shape index (κ3) is 3.24. The Hall–Kier alpha value is -2.14. The third-order valence-electron chi connectivity index (χ3n) is 2.92. The van der Waals surface area contributed by atoms with Crippen molar-refractivity contribution >= 4 is 17.8 Å². The Bertz CT molecular complexity index is 481. The molecule has 1 saturated heterocycles. The zero-order chi connectivity index (χ0) is 14.4. The summed E-state index contributed by atoms with van der Waals surface area (Å²) in [6.07, 6.45) is 2.08. The van der Waals surface area contributed by atoms with Gasteiger partial charge in [-0.1, -0.05) is 0 Å². The summed E-state index contributed by atoms with van der Waals surface area (Å²) >= 11 is 0. The molecule has 1 aliphatic rings. The summed E-state index contributed by atoms with van der Waals surface area (Å²) in [5.74, 6) is 1.46. The van der Waals surface area contributed by atoms with E-state index in [1.807, 2.05) is 18.7 Å². The molecule has 0 aliphatic carbocycles. The van der Waals surface area contributed by atoms with Crippen molar-refractivity contribution in [3.05, 3.63) is 0 Å². The van der Waals surface area contributed by atoms with Crippen LogP contribution in [0.25, 0.3) is 0 Å². The molecule has 0 saturated carbocycles. The third-order valence-corrected chi connectivity index (χ3v) is 2.92. The maximum Gasteiger partial charge on any atom is 0.245 e. The SMILES string of the molecule is CCNc1nc(N(C#N)CC)nc(N2CCOCC2)n1. The van der Waals surface area contributed by atoms with Gasteiger partial charge in [0, 0.05) is 26.2 Å². The van der Waals surface area contributed by atoms with Crippen LogP contribution < -0.4 is 15.1 Å². The smallest absolute Gasteiger partial charge is 0.245 e. The first-order valence-corrected chi connectivity index (χ1v) is 6.78. The van der Waals surface area contributed by atoms with E-state index in [9.17, 15) is 0 Å². The van der Waals surface area contributed by atoms with Crippen LogP contribution in [0.3, 0.4) is 0 Å². The number of nitrogens with zero attached hydrogens (tertiary/aromatic N) is 6. The first-order valence-electron chi connectivity index (χ1n) is 6.78. The van der Waals surface area contributed by atoms with Crippen LogP contribution in [-0.2, 0) is 4.74 Å². The molecule has 1 N–H and O–H groups in total. The second-order valence-corrected chi connectivity index (χ2v) is 4.23. The predicted octanol–water partition coefficient (Wildman–Crippen LogP) is 0.447. The maximum atomic E-state index is 9.12. The predicted molar refractivity (Wildman–Crippen MR) is 75.7 cm³/mol. The van der Waals surface area contributed by atoms with E-state index in [1.165, 1.54) is 4.90 Å². The number of hydrogen-bond donors (Lipinski definition) is 1. The van der Waals surface area contributed by atoms with Gasteiger partial charge >= 0.3 is 0 Å². The molecule has 0 spiro atoms. The van der Waals surface area contributed by atoms with Crippen LogP contribution >= 0.6 is 0 Å². The first kappa shape index (κ1) is 14.3. The lowest BCUT2D eigenvalue weighted by atomic mass is 10.4. The highest BCUT2D eigenvalue weighted by Gasteiger charge is 2.18. The normalized spacial score (nSPS) is 14.8. The number of morpholine rings is 1. The van der Waals surface area contributed by atoms with Crippen LogP contribution in [0.4, 0.5) is 17.8 Å². The van der Waals surface area contributed by atoms with E-state index < -0.39 is 0 Å². The molecule has 0 bridgehead atoms. The Morgan fingerprint density at radius 2 is 2.05 bits per heavy atom. The van der Waals surface area contributed by atoms with Crippen molar-refractivity contribution < 1.29 is 4.74 Å². The molecular weight excluding hydrogens is 258 g/mol. The molecule has 2 rings (SSSR count). The summed E-state index contributed by atoms with van der Waals surface area (Å²) in [6.45, 7) is 7.90. The van der Waals surface area contributed by atoms with Gasteiger partial charge < -0.3 is 15.0 Å². The molecule has 1 fully saturated rings. The molecule has 0 amide bonds. The molecule has 108 valence electrons. The lowest BCUT2D eigenvalue weighted by Gasteiger charge is -2.27. The number of rotatable bonds is 5. The van der Waals surface area contributed by atoms with Gasteiger partial charge in [0.15, 0.2) is 6.19 Å². The van der Waals surface area contributed by atoms with Crippen molar-refractivity contribution in [2.24, 2.45) is 0 Å². The number of hydrogen-bond acceptors (Lipinski definition) is 8. The van der Waals surface area contributed by atoms with E-state index in [-0.39, 0.29) is 0 Å². The fraction of sp³-hybridized carbons (Fsp3) is 0.667. The highest BCUT2D eigenvalue weighted by molar-refractivity contribution is 5.47. The molecule has 2 heterocycles. The van der Waals surface area contributed by atoms with Crippen LogP contribution in [-0.4, -0.2) is 54.3 Å². The minimum absolute atomic E-state index is 0.377. The zero-order valence-corrected chi connectivity index (χ0v) is 11.8. The van der Waals surface area contributed by atoms with Gasteiger partial charge in [-0.25, -0.2) is 4.90 Å². The van der Waals surface area contributed by atoms with Crippen LogP contribution in [0.5, 0.6) is 0 Å².